The molecule has 15 heavy (non-hydrogen) atoms. The molecule has 1 aromatic carbocycles. The molecule has 1 saturated carbocycles. The zero-order valence-electron chi connectivity index (χ0n) is 8.60. The predicted octanol–water partition coefficient (Wildman–Crippen LogP) is 5.36. The molecule has 1 aromatic rings. The Morgan fingerprint density at radius 3 is 1.73 bits per heavy atom. The molecule has 3 aliphatic rings. The summed E-state index contributed by atoms with van der Waals surface area (Å²) in [6.07, 6.45) is 7.03. The zero-order valence-corrected chi connectivity index (χ0v) is 11.8. The largest absolute Gasteiger partial charge is 0.0521 e. The van der Waals surface area contributed by atoms with E-state index in [0.29, 0.717) is 0 Å². The fraction of sp³-hybridized carbons (Fsp3) is 0.538. The molecule has 0 radical (unpaired) electrons. The highest BCUT2D eigenvalue weighted by Gasteiger charge is 2.30. The highest BCUT2D eigenvalue weighted by atomic mass is 79.9. The lowest BCUT2D eigenvalue weighted by Gasteiger charge is -2.27. The van der Waals surface area contributed by atoms with Gasteiger partial charge in [-0.1, -0.05) is 6.42 Å². The second-order valence-corrected chi connectivity index (χ2v) is 6.51. The molecule has 4 rings (SSSR count). The van der Waals surface area contributed by atoms with Crippen LogP contribution in [0.2, 0.25) is 0 Å². The molecular formula is C13H14Br2. The van der Waals surface area contributed by atoms with Crippen molar-refractivity contribution in [3.05, 3.63) is 32.2 Å². The minimum absolute atomic E-state index is 0.836. The van der Waals surface area contributed by atoms with E-state index < -0.39 is 0 Å². The van der Waals surface area contributed by atoms with E-state index in [1.54, 1.807) is 11.1 Å². The number of hydrogen-bond donors (Lipinski definition) is 0. The lowest BCUT2D eigenvalue weighted by atomic mass is 9.78. The normalized spacial score (nSPS) is 28.7. The van der Waals surface area contributed by atoms with Gasteiger partial charge in [-0.05, 0) is 92.6 Å². The van der Waals surface area contributed by atoms with Gasteiger partial charge in [0, 0.05) is 8.95 Å². The molecule has 0 heterocycles. The average Bonchev–Trinajstić information content (AvgIpc) is 2.53. The van der Waals surface area contributed by atoms with E-state index in [1.165, 1.54) is 41.0 Å². The molecule has 80 valence electrons. The number of hydrogen-bond acceptors (Lipinski definition) is 0. The summed E-state index contributed by atoms with van der Waals surface area (Å²) >= 11 is 7.25. The van der Waals surface area contributed by atoms with E-state index in [1.807, 2.05) is 0 Å². The van der Waals surface area contributed by atoms with E-state index in [0.717, 1.165) is 11.8 Å². The number of benzene rings is 1. The second kappa shape index (κ2) is 3.89. The maximum atomic E-state index is 3.62. The first kappa shape index (κ1) is 10.3. The Bertz CT molecular complexity index is 357. The Kier molecular flexibility index (Phi) is 2.68. The summed E-state index contributed by atoms with van der Waals surface area (Å²) in [6, 6.07) is 4.70. The SMILES string of the molecule is Brc1cc2c(cc1Br)C1CCCC2CC1. The van der Waals surface area contributed by atoms with Crippen LogP contribution in [0, 0.1) is 0 Å². The quantitative estimate of drug-likeness (QED) is 0.601. The summed E-state index contributed by atoms with van der Waals surface area (Å²) in [5.74, 6) is 1.67. The summed E-state index contributed by atoms with van der Waals surface area (Å²) in [5.41, 5.74) is 3.25. The van der Waals surface area contributed by atoms with Crippen LogP contribution in [-0.4, -0.2) is 0 Å². The molecule has 2 heteroatoms. The van der Waals surface area contributed by atoms with Gasteiger partial charge in [0.15, 0.2) is 0 Å². The minimum Gasteiger partial charge on any atom is -0.0521 e. The Balaban J connectivity index is 2.18. The molecule has 2 unspecified atom stereocenters. The molecule has 0 spiro atoms. The van der Waals surface area contributed by atoms with Gasteiger partial charge in [0.25, 0.3) is 0 Å². The zero-order chi connectivity index (χ0) is 10.4. The lowest BCUT2D eigenvalue weighted by Crippen LogP contribution is -2.10. The van der Waals surface area contributed by atoms with E-state index in [4.69, 9.17) is 0 Å². The molecule has 2 bridgehead atoms. The van der Waals surface area contributed by atoms with E-state index in [9.17, 15) is 0 Å². The van der Waals surface area contributed by atoms with Crippen LogP contribution in [0.4, 0.5) is 0 Å². The summed E-state index contributed by atoms with van der Waals surface area (Å²) in [6.45, 7) is 0. The summed E-state index contributed by atoms with van der Waals surface area (Å²) in [4.78, 5) is 0. The van der Waals surface area contributed by atoms with E-state index in [-0.39, 0.29) is 0 Å². The van der Waals surface area contributed by atoms with Crippen LogP contribution in [-0.2, 0) is 0 Å². The molecule has 0 aliphatic heterocycles. The highest BCUT2D eigenvalue weighted by molar-refractivity contribution is 9.13. The maximum absolute atomic E-state index is 3.62. The predicted molar refractivity (Wildman–Crippen MR) is 70.4 cm³/mol. The van der Waals surface area contributed by atoms with Crippen molar-refractivity contribution in [2.24, 2.45) is 0 Å². The average molecular weight is 330 g/mol. The van der Waals surface area contributed by atoms with Crippen molar-refractivity contribution in [2.75, 3.05) is 0 Å². The van der Waals surface area contributed by atoms with Crippen LogP contribution >= 0.6 is 31.9 Å². The van der Waals surface area contributed by atoms with Crippen LogP contribution < -0.4 is 0 Å². The second-order valence-electron chi connectivity index (χ2n) is 4.80. The fourth-order valence-electron chi connectivity index (χ4n) is 3.21. The third kappa shape index (κ3) is 1.70. The minimum atomic E-state index is 0.836. The topological polar surface area (TPSA) is 0 Å². The fourth-order valence-corrected chi connectivity index (χ4v) is 3.93. The van der Waals surface area contributed by atoms with E-state index >= 15 is 0 Å². The molecule has 0 N–H and O–H groups in total. The molecular weight excluding hydrogens is 316 g/mol. The first-order valence-corrected chi connectivity index (χ1v) is 7.33. The third-order valence-electron chi connectivity index (χ3n) is 3.97. The first-order chi connectivity index (χ1) is 7.25. The Morgan fingerprint density at radius 1 is 0.800 bits per heavy atom. The van der Waals surface area contributed by atoms with Gasteiger partial charge in [-0.25, -0.2) is 0 Å². The summed E-state index contributed by atoms with van der Waals surface area (Å²) in [5, 5.41) is 0. The van der Waals surface area contributed by atoms with Crippen molar-refractivity contribution in [3.63, 3.8) is 0 Å². The van der Waals surface area contributed by atoms with Gasteiger partial charge in [-0.2, -0.15) is 0 Å². The molecule has 0 amide bonds. The van der Waals surface area contributed by atoms with Crippen molar-refractivity contribution in [1.82, 2.24) is 0 Å². The van der Waals surface area contributed by atoms with Crippen molar-refractivity contribution in [2.45, 2.75) is 43.9 Å². The standard InChI is InChI=1S/C13H14Br2/c14-12-6-10-8-2-1-3-9(5-4-8)11(10)7-13(12)15/h6-9H,1-5H2. The Hall–Kier alpha value is 0.180. The molecule has 0 nitrogen and oxygen atoms in total. The molecule has 0 aromatic heterocycles. The van der Waals surface area contributed by atoms with Gasteiger partial charge < -0.3 is 0 Å². The van der Waals surface area contributed by atoms with Crippen LogP contribution in [0.3, 0.4) is 0 Å². The molecule has 0 saturated heterocycles. The monoisotopic (exact) mass is 328 g/mol. The van der Waals surface area contributed by atoms with Gasteiger partial charge in [0.05, 0.1) is 0 Å². The van der Waals surface area contributed by atoms with Gasteiger partial charge >= 0.3 is 0 Å². The molecule has 3 aliphatic carbocycles. The van der Waals surface area contributed by atoms with Crippen molar-refractivity contribution in [3.8, 4) is 0 Å². The van der Waals surface area contributed by atoms with Crippen molar-refractivity contribution >= 4 is 31.9 Å². The van der Waals surface area contributed by atoms with Crippen molar-refractivity contribution < 1.29 is 0 Å². The van der Waals surface area contributed by atoms with Crippen LogP contribution in [0.5, 0.6) is 0 Å². The Morgan fingerprint density at radius 2 is 1.27 bits per heavy atom. The summed E-state index contributed by atoms with van der Waals surface area (Å²) in [7, 11) is 0. The molecule has 1 fully saturated rings. The van der Waals surface area contributed by atoms with Gasteiger partial charge in [0.1, 0.15) is 0 Å². The maximum Gasteiger partial charge on any atom is 0.0320 e. The molecule has 2 atom stereocenters. The van der Waals surface area contributed by atoms with Crippen LogP contribution in [0.1, 0.15) is 55.1 Å². The number of rotatable bonds is 0. The van der Waals surface area contributed by atoms with Gasteiger partial charge in [-0.3, -0.25) is 0 Å². The Labute approximate surface area is 108 Å². The van der Waals surface area contributed by atoms with Crippen LogP contribution in [0.25, 0.3) is 0 Å². The van der Waals surface area contributed by atoms with E-state index in [2.05, 4.69) is 44.0 Å². The first-order valence-electron chi connectivity index (χ1n) is 5.74. The van der Waals surface area contributed by atoms with Crippen LogP contribution in [0.15, 0.2) is 21.1 Å². The van der Waals surface area contributed by atoms with Gasteiger partial charge in [-0.15, -0.1) is 0 Å². The highest BCUT2D eigenvalue weighted by Crippen LogP contribution is 2.48. The van der Waals surface area contributed by atoms with Gasteiger partial charge in [0.2, 0.25) is 0 Å². The number of fused-ring (bicyclic) bond motifs is 3. The van der Waals surface area contributed by atoms with Crippen molar-refractivity contribution in [1.29, 1.82) is 0 Å². The number of halogens is 2. The lowest BCUT2D eigenvalue weighted by molar-refractivity contribution is 0.527. The summed E-state index contributed by atoms with van der Waals surface area (Å²) < 4.78 is 2.43. The smallest absolute Gasteiger partial charge is 0.0320 e. The third-order valence-corrected chi connectivity index (χ3v) is 5.82.